The lowest BCUT2D eigenvalue weighted by Crippen LogP contribution is -2.41. The predicted octanol–water partition coefficient (Wildman–Crippen LogP) is 4.97. The molecule has 0 amide bonds. The van der Waals surface area contributed by atoms with E-state index in [1.165, 1.54) is 12.1 Å². The van der Waals surface area contributed by atoms with Crippen LogP contribution in [0, 0.1) is 17.7 Å². The Bertz CT molecular complexity index is 1180. The van der Waals surface area contributed by atoms with Gasteiger partial charge in [0.1, 0.15) is 29.6 Å². The molecule has 0 saturated heterocycles. The van der Waals surface area contributed by atoms with E-state index in [2.05, 4.69) is 27.1 Å². The number of rotatable bonds is 10. The van der Waals surface area contributed by atoms with Crippen LogP contribution in [0.2, 0.25) is 0 Å². The number of halogens is 3. The van der Waals surface area contributed by atoms with Gasteiger partial charge in [-0.1, -0.05) is 18.1 Å². The van der Waals surface area contributed by atoms with Crippen LogP contribution in [-0.4, -0.2) is 50.1 Å². The van der Waals surface area contributed by atoms with Crippen LogP contribution in [0.5, 0.6) is 5.75 Å². The van der Waals surface area contributed by atoms with Gasteiger partial charge in [0, 0.05) is 38.0 Å². The summed E-state index contributed by atoms with van der Waals surface area (Å²) in [6.07, 6.45) is 1.61. The van der Waals surface area contributed by atoms with E-state index in [0.29, 0.717) is 41.6 Å². The maximum atomic E-state index is 15.1. The first-order valence-electron chi connectivity index (χ1n) is 11.3. The van der Waals surface area contributed by atoms with Crippen LogP contribution in [0.4, 0.5) is 18.9 Å². The molecule has 2 aromatic carbocycles. The van der Waals surface area contributed by atoms with Gasteiger partial charge in [-0.15, -0.1) is 5.92 Å². The molecule has 0 aliphatic rings. The minimum Gasteiger partial charge on any atom is -0.490 e. The lowest BCUT2D eigenvalue weighted by molar-refractivity contribution is -0.170. The van der Waals surface area contributed by atoms with Crippen molar-refractivity contribution in [3.8, 4) is 17.6 Å². The number of ether oxygens (including phenoxy) is 2. The summed E-state index contributed by atoms with van der Waals surface area (Å²) in [5.41, 5.74) is -1.60. The van der Waals surface area contributed by atoms with E-state index >= 15 is 4.39 Å². The number of hydrogen-bond acceptors (Lipinski definition) is 5. The Labute approximate surface area is 210 Å². The summed E-state index contributed by atoms with van der Waals surface area (Å²) in [6.45, 7) is 5.88. The quantitative estimate of drug-likeness (QED) is 0.208. The average molecular weight is 504 g/mol. The van der Waals surface area contributed by atoms with Crippen molar-refractivity contribution < 1.29 is 27.8 Å². The van der Waals surface area contributed by atoms with E-state index in [1.54, 1.807) is 46.4 Å². The van der Waals surface area contributed by atoms with E-state index in [-0.39, 0.29) is 12.1 Å². The minimum atomic E-state index is -3.79. The second kappa shape index (κ2) is 12.6. The SMILES string of the molecule is CC#Cc1cc(/N=C/C)c(/C(=N\C)NCc2cccc(C(F)(F)C(C)(C)O)c2F)cc1OCCOC. The largest absolute Gasteiger partial charge is 0.490 e. The number of benzene rings is 2. The van der Waals surface area contributed by atoms with E-state index in [1.807, 2.05) is 0 Å². The van der Waals surface area contributed by atoms with Crippen molar-refractivity contribution >= 4 is 17.7 Å². The van der Waals surface area contributed by atoms with Crippen molar-refractivity contribution in [3.05, 3.63) is 58.4 Å². The first kappa shape index (κ1) is 28.9. The highest BCUT2D eigenvalue weighted by Gasteiger charge is 2.48. The zero-order valence-electron chi connectivity index (χ0n) is 21.4. The van der Waals surface area contributed by atoms with Gasteiger partial charge in [-0.3, -0.25) is 9.98 Å². The maximum Gasteiger partial charge on any atom is 0.303 e. The normalized spacial score (nSPS) is 12.4. The highest BCUT2D eigenvalue weighted by molar-refractivity contribution is 6.04. The molecular weight excluding hydrogens is 471 g/mol. The Morgan fingerprint density at radius 2 is 1.94 bits per heavy atom. The van der Waals surface area contributed by atoms with Crippen molar-refractivity contribution in [2.24, 2.45) is 9.98 Å². The summed E-state index contributed by atoms with van der Waals surface area (Å²) in [7, 11) is 3.11. The molecule has 0 fully saturated rings. The Morgan fingerprint density at radius 1 is 1.22 bits per heavy atom. The van der Waals surface area contributed by atoms with E-state index in [0.717, 1.165) is 19.9 Å². The summed E-state index contributed by atoms with van der Waals surface area (Å²) < 4.78 is 55.3. The molecule has 9 heteroatoms. The number of amidine groups is 1. The molecule has 0 unspecified atom stereocenters. The number of methoxy groups -OCH3 is 1. The molecule has 2 rings (SSSR count). The Hall–Kier alpha value is -3.35. The summed E-state index contributed by atoms with van der Waals surface area (Å²) in [5.74, 6) is 1.79. The molecule has 2 N–H and O–H groups in total. The fraction of sp³-hybridized carbons (Fsp3) is 0.407. The molecule has 0 bridgehead atoms. The average Bonchev–Trinajstić information content (AvgIpc) is 2.82. The van der Waals surface area contributed by atoms with Crippen LogP contribution >= 0.6 is 0 Å². The molecule has 0 aliphatic carbocycles. The molecule has 6 nitrogen and oxygen atoms in total. The number of alkyl halides is 2. The van der Waals surface area contributed by atoms with Crippen LogP contribution in [0.3, 0.4) is 0 Å². The van der Waals surface area contributed by atoms with Crippen LogP contribution in [0.1, 0.15) is 49.9 Å². The first-order chi connectivity index (χ1) is 17.0. The molecular formula is C27H32F3N3O3. The highest BCUT2D eigenvalue weighted by Crippen LogP contribution is 2.40. The number of hydrogen-bond donors (Lipinski definition) is 2. The molecule has 194 valence electrons. The predicted molar refractivity (Wildman–Crippen MR) is 136 cm³/mol. The van der Waals surface area contributed by atoms with E-state index in [9.17, 15) is 13.9 Å². The molecule has 36 heavy (non-hydrogen) atoms. The van der Waals surface area contributed by atoms with Gasteiger partial charge in [-0.25, -0.2) is 4.39 Å². The van der Waals surface area contributed by atoms with Crippen molar-refractivity contribution in [1.29, 1.82) is 0 Å². The van der Waals surface area contributed by atoms with Gasteiger partial charge in [0.25, 0.3) is 0 Å². The van der Waals surface area contributed by atoms with Gasteiger partial charge in [0.2, 0.25) is 0 Å². The third kappa shape index (κ3) is 6.65. The fourth-order valence-electron chi connectivity index (χ4n) is 3.35. The fourth-order valence-corrected chi connectivity index (χ4v) is 3.35. The molecule has 0 radical (unpaired) electrons. The topological polar surface area (TPSA) is 75.4 Å². The molecule has 0 atom stereocenters. The monoisotopic (exact) mass is 503 g/mol. The highest BCUT2D eigenvalue weighted by atomic mass is 19.3. The van der Waals surface area contributed by atoms with E-state index in [4.69, 9.17) is 9.47 Å². The van der Waals surface area contributed by atoms with Crippen LogP contribution in [-0.2, 0) is 17.2 Å². The summed E-state index contributed by atoms with van der Waals surface area (Å²) in [5, 5.41) is 12.9. The van der Waals surface area contributed by atoms with E-state index < -0.39 is 22.9 Å². The molecule has 0 aliphatic heterocycles. The third-order valence-corrected chi connectivity index (χ3v) is 5.28. The zero-order chi connectivity index (χ0) is 26.9. The van der Waals surface area contributed by atoms with Crippen molar-refractivity contribution in [1.82, 2.24) is 5.32 Å². The summed E-state index contributed by atoms with van der Waals surface area (Å²) >= 11 is 0. The lowest BCUT2D eigenvalue weighted by atomic mass is 9.92. The lowest BCUT2D eigenvalue weighted by Gasteiger charge is -2.30. The Kier molecular flexibility index (Phi) is 10.1. The second-order valence-corrected chi connectivity index (χ2v) is 8.31. The van der Waals surface area contributed by atoms with Gasteiger partial charge >= 0.3 is 5.92 Å². The molecule has 0 heterocycles. The maximum absolute atomic E-state index is 15.1. The third-order valence-electron chi connectivity index (χ3n) is 5.28. The Morgan fingerprint density at radius 3 is 2.53 bits per heavy atom. The van der Waals surface area contributed by atoms with Crippen molar-refractivity contribution in [3.63, 3.8) is 0 Å². The molecule has 2 aromatic rings. The zero-order valence-corrected chi connectivity index (χ0v) is 21.4. The molecule has 0 aromatic heterocycles. The summed E-state index contributed by atoms with van der Waals surface area (Å²) in [4.78, 5) is 8.68. The minimum absolute atomic E-state index is 0.0110. The standard InChI is InChI=1S/C27H32F3N3O3/c1-7-10-18-15-22(32-8-2)20(16-23(18)36-14-13-35-6)25(31-5)33-17-19-11-9-12-21(24(19)28)27(29,30)26(3,4)34/h8-9,11-12,15-16,34H,13-14,17H2,1-6H3,(H,31,33)/b32-8+. The van der Waals surface area contributed by atoms with Gasteiger partial charge < -0.3 is 19.9 Å². The number of nitrogens with one attached hydrogen (secondary N) is 1. The molecule has 0 spiro atoms. The smallest absolute Gasteiger partial charge is 0.303 e. The van der Waals surface area contributed by atoms with Crippen LogP contribution < -0.4 is 10.1 Å². The van der Waals surface area contributed by atoms with Gasteiger partial charge in [-0.05, 0) is 45.9 Å². The van der Waals surface area contributed by atoms with Gasteiger partial charge in [-0.2, -0.15) is 8.78 Å². The first-order valence-corrected chi connectivity index (χ1v) is 11.3. The van der Waals surface area contributed by atoms with Gasteiger partial charge in [0.15, 0.2) is 0 Å². The number of aliphatic hydroxyl groups is 1. The van der Waals surface area contributed by atoms with Crippen LogP contribution in [0.25, 0.3) is 0 Å². The molecule has 0 saturated carbocycles. The number of aliphatic imine (C=N–C) groups is 2. The second-order valence-electron chi connectivity index (χ2n) is 8.31. The van der Waals surface area contributed by atoms with Gasteiger partial charge in [0.05, 0.1) is 23.4 Å². The Balaban J connectivity index is 2.46. The summed E-state index contributed by atoms with van der Waals surface area (Å²) in [6, 6.07) is 7.17. The van der Waals surface area contributed by atoms with Crippen molar-refractivity contribution in [2.45, 2.75) is 45.8 Å². The number of nitrogens with zero attached hydrogens (tertiary/aromatic N) is 2. The van der Waals surface area contributed by atoms with Crippen LogP contribution in [0.15, 0.2) is 40.3 Å². The van der Waals surface area contributed by atoms with Crippen molar-refractivity contribution in [2.75, 3.05) is 27.4 Å².